The van der Waals surface area contributed by atoms with E-state index >= 15 is 0 Å². The van der Waals surface area contributed by atoms with Crippen LogP contribution in [0.1, 0.15) is 84.0 Å². The van der Waals surface area contributed by atoms with Crippen LogP contribution in [0.4, 0.5) is 0 Å². The van der Waals surface area contributed by atoms with E-state index in [1.165, 1.54) is 57.8 Å². The van der Waals surface area contributed by atoms with Gasteiger partial charge in [0.1, 0.15) is 24.4 Å². The maximum Gasteiger partial charge on any atom is 0.111 e. The largest absolute Gasteiger partial charge is 0.388 e. The first kappa shape index (κ1) is 24.6. The number of allylic oxidation sites excluding steroid dienone is 2. The number of rotatable bonds is 16. The van der Waals surface area contributed by atoms with Gasteiger partial charge in [0.2, 0.25) is 0 Å². The fraction of sp³-hybridized carbons (Fsp3) is 0.909. The first-order valence-corrected chi connectivity index (χ1v) is 11.0. The van der Waals surface area contributed by atoms with Crippen molar-refractivity contribution in [1.29, 1.82) is 0 Å². The molecule has 0 amide bonds. The van der Waals surface area contributed by atoms with Gasteiger partial charge in [-0.15, -0.1) is 0 Å². The maximum absolute atomic E-state index is 9.81. The Hall–Kier alpha value is -0.460. The van der Waals surface area contributed by atoms with Crippen LogP contribution in [0.3, 0.4) is 0 Å². The lowest BCUT2D eigenvalue weighted by molar-refractivity contribution is -0.199. The van der Waals surface area contributed by atoms with Gasteiger partial charge in [-0.05, 0) is 32.1 Å². The van der Waals surface area contributed by atoms with Crippen LogP contribution in [-0.2, 0) is 9.47 Å². The summed E-state index contributed by atoms with van der Waals surface area (Å²) in [7, 11) is 0. The van der Waals surface area contributed by atoms with Crippen molar-refractivity contribution in [2.45, 2.75) is 108 Å². The number of aliphatic hydroxyl groups excluding tert-OH is 3. The summed E-state index contributed by atoms with van der Waals surface area (Å²) in [6.07, 6.45) is 16.0. The van der Waals surface area contributed by atoms with Crippen LogP contribution >= 0.6 is 0 Å². The molecule has 4 atom stereocenters. The Morgan fingerprint density at radius 1 is 0.815 bits per heavy atom. The third-order valence-electron chi connectivity index (χ3n) is 5.19. The summed E-state index contributed by atoms with van der Waals surface area (Å²) in [6, 6.07) is 0. The highest BCUT2D eigenvalue weighted by molar-refractivity contribution is 4.86. The molecule has 5 heteroatoms. The normalized spacial score (nSPS) is 26.1. The van der Waals surface area contributed by atoms with Crippen molar-refractivity contribution in [1.82, 2.24) is 0 Å². The van der Waals surface area contributed by atoms with E-state index in [1.54, 1.807) is 0 Å². The first-order chi connectivity index (χ1) is 13.2. The third-order valence-corrected chi connectivity index (χ3v) is 5.19. The highest BCUT2D eigenvalue weighted by Crippen LogP contribution is 2.16. The number of unbranched alkanes of at least 4 members (excludes halogenated alkanes) is 10. The van der Waals surface area contributed by atoms with Gasteiger partial charge in [-0.2, -0.15) is 0 Å². The third kappa shape index (κ3) is 11.9. The fourth-order valence-electron chi connectivity index (χ4n) is 3.31. The highest BCUT2D eigenvalue weighted by Gasteiger charge is 2.37. The second-order valence-corrected chi connectivity index (χ2v) is 7.73. The molecule has 1 rings (SSSR count). The lowest BCUT2D eigenvalue weighted by Crippen LogP contribution is -2.54. The maximum atomic E-state index is 9.81. The Balaban J connectivity index is 1.84. The van der Waals surface area contributed by atoms with E-state index < -0.39 is 24.4 Å². The summed E-state index contributed by atoms with van der Waals surface area (Å²) in [6.45, 7) is 3.17. The number of aliphatic hydroxyl groups is 3. The molecule has 0 aromatic rings. The Bertz CT molecular complexity index is 361. The van der Waals surface area contributed by atoms with E-state index in [0.29, 0.717) is 6.61 Å². The standard InChI is InChI=1S/C22H42O5/c1-2-3-4-5-6-7-8-9-10-11-12-13-14-15-16-26-18-20-22(25)21(24)19(23)17-27-20/h11-12,19-25H,2-10,13-18H2,1H3/b12-11+/t19-,20+,21+,22+/m0/s1. The predicted octanol–water partition coefficient (Wildman–Crippen LogP) is 3.74. The summed E-state index contributed by atoms with van der Waals surface area (Å²) < 4.78 is 10.8. The average molecular weight is 387 g/mol. The Labute approximate surface area is 165 Å². The van der Waals surface area contributed by atoms with E-state index in [2.05, 4.69) is 19.1 Å². The predicted molar refractivity (Wildman–Crippen MR) is 109 cm³/mol. The van der Waals surface area contributed by atoms with Gasteiger partial charge in [0.25, 0.3) is 0 Å². The van der Waals surface area contributed by atoms with Gasteiger partial charge < -0.3 is 24.8 Å². The smallest absolute Gasteiger partial charge is 0.111 e. The highest BCUT2D eigenvalue weighted by atomic mass is 16.6. The molecule has 1 saturated heterocycles. The number of hydrogen-bond donors (Lipinski definition) is 3. The van der Waals surface area contributed by atoms with E-state index in [-0.39, 0.29) is 13.2 Å². The zero-order valence-electron chi connectivity index (χ0n) is 17.2. The van der Waals surface area contributed by atoms with Crippen LogP contribution in [0.15, 0.2) is 12.2 Å². The van der Waals surface area contributed by atoms with Crippen molar-refractivity contribution in [2.75, 3.05) is 19.8 Å². The van der Waals surface area contributed by atoms with Crippen molar-refractivity contribution >= 4 is 0 Å². The molecule has 0 aromatic carbocycles. The molecule has 1 heterocycles. The van der Waals surface area contributed by atoms with Crippen LogP contribution in [0.2, 0.25) is 0 Å². The van der Waals surface area contributed by atoms with Gasteiger partial charge >= 0.3 is 0 Å². The molecule has 5 nitrogen and oxygen atoms in total. The zero-order chi connectivity index (χ0) is 19.7. The minimum atomic E-state index is -1.15. The molecule has 1 aliphatic rings. The lowest BCUT2D eigenvalue weighted by atomic mass is 10.0. The molecule has 0 aliphatic carbocycles. The second kappa shape index (κ2) is 16.5. The monoisotopic (exact) mass is 386 g/mol. The van der Waals surface area contributed by atoms with Crippen molar-refractivity contribution in [3.63, 3.8) is 0 Å². The van der Waals surface area contributed by atoms with Gasteiger partial charge in [-0.1, -0.05) is 64.0 Å². The molecule has 1 aliphatic heterocycles. The number of hydrogen-bond acceptors (Lipinski definition) is 5. The van der Waals surface area contributed by atoms with Crippen LogP contribution in [0, 0.1) is 0 Å². The van der Waals surface area contributed by atoms with E-state index in [0.717, 1.165) is 19.3 Å². The number of ether oxygens (including phenoxy) is 2. The molecule has 0 bridgehead atoms. The van der Waals surface area contributed by atoms with Gasteiger partial charge in [0, 0.05) is 6.61 Å². The van der Waals surface area contributed by atoms with Gasteiger partial charge in [0.05, 0.1) is 13.2 Å². The van der Waals surface area contributed by atoms with Gasteiger partial charge in [-0.25, -0.2) is 0 Å². The lowest BCUT2D eigenvalue weighted by Gasteiger charge is -2.35. The molecule has 0 radical (unpaired) electrons. The molecule has 1 fully saturated rings. The molecule has 0 aromatic heterocycles. The minimum Gasteiger partial charge on any atom is -0.388 e. The summed E-state index contributed by atoms with van der Waals surface area (Å²) in [5.41, 5.74) is 0. The van der Waals surface area contributed by atoms with Crippen LogP contribution in [0.25, 0.3) is 0 Å². The molecule has 27 heavy (non-hydrogen) atoms. The summed E-state index contributed by atoms with van der Waals surface area (Å²) in [5, 5.41) is 28.8. The Kier molecular flexibility index (Phi) is 15.0. The zero-order valence-corrected chi connectivity index (χ0v) is 17.2. The van der Waals surface area contributed by atoms with Crippen LogP contribution in [0.5, 0.6) is 0 Å². The SMILES string of the molecule is CCCCCCCCCC/C=C/CCCCOC[C@H]1OC[C@H](O)[C@@H](O)[C@@H]1O. The molecule has 0 spiro atoms. The van der Waals surface area contributed by atoms with Crippen molar-refractivity contribution in [3.8, 4) is 0 Å². The average Bonchev–Trinajstić information content (AvgIpc) is 2.67. The Morgan fingerprint density at radius 2 is 1.41 bits per heavy atom. The molecule has 0 saturated carbocycles. The van der Waals surface area contributed by atoms with E-state index in [4.69, 9.17) is 9.47 Å². The van der Waals surface area contributed by atoms with Crippen molar-refractivity contribution in [2.24, 2.45) is 0 Å². The summed E-state index contributed by atoms with van der Waals surface area (Å²) in [5.74, 6) is 0. The summed E-state index contributed by atoms with van der Waals surface area (Å²) in [4.78, 5) is 0. The van der Waals surface area contributed by atoms with Gasteiger partial charge in [-0.3, -0.25) is 0 Å². The van der Waals surface area contributed by atoms with E-state index in [9.17, 15) is 15.3 Å². The topological polar surface area (TPSA) is 79.2 Å². The van der Waals surface area contributed by atoms with Gasteiger partial charge in [0.15, 0.2) is 0 Å². The molecule has 160 valence electrons. The molecule has 3 N–H and O–H groups in total. The van der Waals surface area contributed by atoms with Crippen LogP contribution in [-0.4, -0.2) is 59.6 Å². The molecular formula is C22H42O5. The second-order valence-electron chi connectivity index (χ2n) is 7.73. The van der Waals surface area contributed by atoms with Crippen LogP contribution < -0.4 is 0 Å². The quantitative estimate of drug-likeness (QED) is 0.278. The van der Waals surface area contributed by atoms with E-state index in [1.807, 2.05) is 0 Å². The minimum absolute atomic E-state index is 0.0376. The molecular weight excluding hydrogens is 344 g/mol. The van der Waals surface area contributed by atoms with Crippen molar-refractivity contribution in [3.05, 3.63) is 12.2 Å². The molecule has 0 unspecified atom stereocenters. The first-order valence-electron chi connectivity index (χ1n) is 11.0. The fourth-order valence-corrected chi connectivity index (χ4v) is 3.31. The van der Waals surface area contributed by atoms with Crippen molar-refractivity contribution < 1.29 is 24.8 Å². The Morgan fingerprint density at radius 3 is 2.07 bits per heavy atom. The summed E-state index contributed by atoms with van der Waals surface area (Å²) >= 11 is 0.